The van der Waals surface area contributed by atoms with Gasteiger partial charge in [-0.05, 0) is 18.2 Å². The van der Waals surface area contributed by atoms with Crippen LogP contribution in [0.1, 0.15) is 21.1 Å². The van der Waals surface area contributed by atoms with Crippen molar-refractivity contribution in [1.82, 2.24) is 4.98 Å². The summed E-state index contributed by atoms with van der Waals surface area (Å²) in [4.78, 5) is 15.4. The van der Waals surface area contributed by atoms with E-state index in [1.54, 1.807) is 29.6 Å². The van der Waals surface area contributed by atoms with Crippen LogP contribution in [0.2, 0.25) is 0 Å². The Morgan fingerprint density at radius 2 is 2.32 bits per heavy atom. The van der Waals surface area contributed by atoms with Crippen LogP contribution in [0.4, 0.5) is 4.39 Å². The number of carbonyl (C=O) groups is 1. The zero-order valence-electron chi connectivity index (χ0n) is 10.3. The maximum absolute atomic E-state index is 12.3. The molecule has 0 unspecified atom stereocenters. The lowest BCUT2D eigenvalue weighted by molar-refractivity contribution is 0.0600. The lowest BCUT2D eigenvalue weighted by Gasteiger charge is -2.05. The molecule has 0 atom stereocenters. The third-order valence-corrected chi connectivity index (χ3v) is 3.22. The number of esters is 1. The molecular weight excluding hydrogens is 269 g/mol. The molecular formula is C13H12FNO3S. The van der Waals surface area contributed by atoms with Crippen LogP contribution in [0.25, 0.3) is 0 Å². The van der Waals surface area contributed by atoms with Crippen molar-refractivity contribution in [2.45, 2.75) is 13.3 Å². The fraction of sp³-hybridized carbons (Fsp3) is 0.231. The van der Waals surface area contributed by atoms with Crippen molar-refractivity contribution in [1.29, 1.82) is 0 Å². The van der Waals surface area contributed by atoms with E-state index in [2.05, 4.69) is 9.72 Å². The van der Waals surface area contributed by atoms with E-state index in [0.717, 1.165) is 0 Å². The molecule has 0 aliphatic heterocycles. The van der Waals surface area contributed by atoms with Gasteiger partial charge in [0.2, 0.25) is 0 Å². The van der Waals surface area contributed by atoms with Gasteiger partial charge in [-0.2, -0.15) is 0 Å². The lowest BCUT2D eigenvalue weighted by Crippen LogP contribution is -2.02. The number of halogens is 1. The van der Waals surface area contributed by atoms with Gasteiger partial charge in [-0.3, -0.25) is 0 Å². The summed E-state index contributed by atoms with van der Waals surface area (Å²) >= 11 is 1.26. The fourth-order valence-electron chi connectivity index (χ4n) is 1.46. The summed E-state index contributed by atoms with van der Waals surface area (Å²) in [5, 5.41) is 2.18. The number of benzene rings is 1. The molecule has 4 nitrogen and oxygen atoms in total. The zero-order valence-corrected chi connectivity index (χ0v) is 11.1. The van der Waals surface area contributed by atoms with Crippen LogP contribution in [-0.4, -0.2) is 18.1 Å². The van der Waals surface area contributed by atoms with E-state index in [-0.39, 0.29) is 6.61 Å². The van der Waals surface area contributed by atoms with Gasteiger partial charge in [-0.25, -0.2) is 14.2 Å². The highest BCUT2D eigenvalue weighted by molar-refractivity contribution is 7.09. The number of ether oxygens (including phenoxy) is 2. The van der Waals surface area contributed by atoms with Gasteiger partial charge < -0.3 is 9.47 Å². The quantitative estimate of drug-likeness (QED) is 0.791. The molecule has 0 aliphatic rings. The van der Waals surface area contributed by atoms with Gasteiger partial charge in [0.15, 0.2) is 0 Å². The topological polar surface area (TPSA) is 48.4 Å². The first-order chi connectivity index (χ1) is 9.22. The molecule has 0 saturated carbocycles. The summed E-state index contributed by atoms with van der Waals surface area (Å²) in [6.45, 7) is -0.330. The van der Waals surface area contributed by atoms with Crippen molar-refractivity contribution in [3.8, 4) is 5.75 Å². The maximum atomic E-state index is 12.3. The summed E-state index contributed by atoms with van der Waals surface area (Å²) in [5.74, 6) is 0.122. The molecule has 0 N–H and O–H groups in total. The van der Waals surface area contributed by atoms with E-state index in [1.165, 1.54) is 18.4 Å². The number of thiazole rings is 1. The highest BCUT2D eigenvalue weighted by Gasteiger charge is 2.07. The smallest absolute Gasteiger partial charge is 0.337 e. The minimum Gasteiger partial charge on any atom is -0.487 e. The molecule has 1 aromatic carbocycles. The average molecular weight is 281 g/mol. The number of hydrogen-bond acceptors (Lipinski definition) is 5. The van der Waals surface area contributed by atoms with Crippen molar-refractivity contribution >= 4 is 17.3 Å². The summed E-state index contributed by atoms with van der Waals surface area (Å²) in [6.07, 6.45) is 0. The molecule has 0 radical (unpaired) electrons. The van der Waals surface area contributed by atoms with Crippen molar-refractivity contribution < 1.29 is 18.7 Å². The number of nitrogens with zero attached hydrogens (tertiary/aromatic N) is 1. The van der Waals surface area contributed by atoms with Crippen LogP contribution in [0.15, 0.2) is 29.6 Å². The highest BCUT2D eigenvalue weighted by Crippen LogP contribution is 2.17. The predicted octanol–water partition coefficient (Wildman–Crippen LogP) is 2.98. The van der Waals surface area contributed by atoms with Gasteiger partial charge in [0.1, 0.15) is 24.0 Å². The van der Waals surface area contributed by atoms with Gasteiger partial charge in [0, 0.05) is 5.38 Å². The van der Waals surface area contributed by atoms with Crippen molar-refractivity contribution in [2.24, 2.45) is 0 Å². The minimum absolute atomic E-state index is 0.237. The Morgan fingerprint density at radius 3 is 3.00 bits per heavy atom. The molecule has 0 amide bonds. The van der Waals surface area contributed by atoms with E-state index in [4.69, 9.17) is 4.74 Å². The molecule has 6 heteroatoms. The van der Waals surface area contributed by atoms with Gasteiger partial charge in [-0.15, -0.1) is 11.3 Å². The van der Waals surface area contributed by atoms with Crippen LogP contribution in [-0.2, 0) is 18.0 Å². The van der Waals surface area contributed by atoms with Gasteiger partial charge in [0.05, 0.1) is 18.4 Å². The normalized spacial score (nSPS) is 10.2. The van der Waals surface area contributed by atoms with Gasteiger partial charge >= 0.3 is 5.97 Å². The second-order valence-electron chi connectivity index (χ2n) is 3.67. The number of rotatable bonds is 5. The third-order valence-electron chi connectivity index (χ3n) is 2.36. The Kier molecular flexibility index (Phi) is 4.46. The Labute approximate surface area is 113 Å². The summed E-state index contributed by atoms with van der Waals surface area (Å²) in [6, 6.07) is 6.67. The first-order valence-electron chi connectivity index (χ1n) is 5.53. The minimum atomic E-state index is -0.567. The first kappa shape index (κ1) is 13.5. The fourth-order valence-corrected chi connectivity index (χ4v) is 2.09. The largest absolute Gasteiger partial charge is 0.487 e. The zero-order chi connectivity index (χ0) is 13.7. The molecule has 0 spiro atoms. The van der Waals surface area contributed by atoms with Crippen molar-refractivity contribution in [3.05, 3.63) is 45.9 Å². The number of carbonyl (C=O) groups excluding carboxylic acids is 1. The van der Waals surface area contributed by atoms with Crippen molar-refractivity contribution in [3.63, 3.8) is 0 Å². The molecule has 2 aromatic rings. The second kappa shape index (κ2) is 6.29. The SMILES string of the molecule is COC(=O)c1cccc(OCc2csc(CF)n2)c1. The highest BCUT2D eigenvalue weighted by atomic mass is 32.1. The molecule has 1 aromatic heterocycles. The van der Waals surface area contributed by atoms with E-state index < -0.39 is 12.6 Å². The van der Waals surface area contributed by atoms with Gasteiger partial charge in [0.25, 0.3) is 0 Å². The van der Waals surface area contributed by atoms with Crippen LogP contribution in [0.3, 0.4) is 0 Å². The Morgan fingerprint density at radius 1 is 1.47 bits per heavy atom. The maximum Gasteiger partial charge on any atom is 0.337 e. The number of hydrogen-bond donors (Lipinski definition) is 0. The Bertz CT molecular complexity index is 571. The summed E-state index contributed by atoms with van der Waals surface area (Å²) < 4.78 is 22.5. The van der Waals surface area contributed by atoms with Gasteiger partial charge in [-0.1, -0.05) is 6.07 Å². The number of aromatic nitrogens is 1. The number of methoxy groups -OCH3 is 1. The lowest BCUT2D eigenvalue weighted by atomic mass is 10.2. The van der Waals surface area contributed by atoms with Crippen LogP contribution >= 0.6 is 11.3 Å². The van der Waals surface area contributed by atoms with E-state index >= 15 is 0 Å². The molecule has 2 rings (SSSR count). The summed E-state index contributed by atoms with van der Waals surface area (Å²) in [7, 11) is 1.32. The third kappa shape index (κ3) is 3.51. The number of alkyl halides is 1. The molecule has 0 aliphatic carbocycles. The Balaban J connectivity index is 2.01. The van der Waals surface area contributed by atoms with E-state index in [1.807, 2.05) is 0 Å². The predicted molar refractivity (Wildman–Crippen MR) is 69.0 cm³/mol. The molecule has 0 saturated heterocycles. The molecule has 1 heterocycles. The first-order valence-corrected chi connectivity index (χ1v) is 6.41. The molecule has 0 bridgehead atoms. The second-order valence-corrected chi connectivity index (χ2v) is 4.62. The standard InChI is InChI=1S/C13H12FNO3S/c1-17-13(16)9-3-2-4-11(5-9)18-7-10-8-19-12(6-14)15-10/h2-5,8H,6-7H2,1H3. The van der Waals surface area contributed by atoms with E-state index in [9.17, 15) is 9.18 Å². The molecule has 19 heavy (non-hydrogen) atoms. The van der Waals surface area contributed by atoms with Crippen LogP contribution < -0.4 is 4.74 Å². The van der Waals surface area contributed by atoms with Crippen molar-refractivity contribution in [2.75, 3.05) is 7.11 Å². The van der Waals surface area contributed by atoms with Crippen LogP contribution in [0, 0.1) is 0 Å². The molecule has 0 fully saturated rings. The van der Waals surface area contributed by atoms with E-state index in [0.29, 0.717) is 22.0 Å². The monoisotopic (exact) mass is 281 g/mol. The molecule has 100 valence electrons. The van der Waals surface area contributed by atoms with Crippen LogP contribution in [0.5, 0.6) is 5.75 Å². The average Bonchev–Trinajstić information content (AvgIpc) is 2.92. The summed E-state index contributed by atoms with van der Waals surface area (Å²) in [5.41, 5.74) is 1.09. The Hall–Kier alpha value is -1.95.